The van der Waals surface area contributed by atoms with Crippen molar-refractivity contribution in [3.05, 3.63) is 11.6 Å². The van der Waals surface area contributed by atoms with Gasteiger partial charge in [0.25, 0.3) is 0 Å². The molecule has 154 valence electrons. The molecule has 1 saturated carbocycles. The number of aromatic nitrogens is 1. The molecule has 2 fully saturated rings. The molecule has 3 rings (SSSR count). The number of nitrogens with one attached hydrogen (secondary N) is 1. The smallest absolute Gasteiger partial charge is 0.248 e. The van der Waals surface area contributed by atoms with Crippen LogP contribution in [0, 0.1) is 11.3 Å². The summed E-state index contributed by atoms with van der Waals surface area (Å²) in [7, 11) is 0. The molecule has 0 radical (unpaired) electrons. The van der Waals surface area contributed by atoms with Gasteiger partial charge in [-0.25, -0.2) is 10.0 Å². The Morgan fingerprint density at radius 3 is 2.93 bits per heavy atom. The van der Waals surface area contributed by atoms with E-state index in [9.17, 15) is 19.6 Å². The van der Waals surface area contributed by atoms with E-state index in [-0.39, 0.29) is 36.1 Å². The molecule has 2 aliphatic rings. The Hall–Kier alpha value is -2.00. The van der Waals surface area contributed by atoms with Crippen LogP contribution < -0.4 is 5.32 Å². The van der Waals surface area contributed by atoms with Gasteiger partial charge in [-0.3, -0.25) is 19.6 Å². The first-order chi connectivity index (χ1) is 13.5. The first-order valence-electron chi connectivity index (χ1n) is 9.87. The average molecular weight is 409 g/mol. The summed E-state index contributed by atoms with van der Waals surface area (Å²) in [5.74, 6) is -0.390. The second kappa shape index (κ2) is 9.00. The van der Waals surface area contributed by atoms with Crippen molar-refractivity contribution in [1.29, 1.82) is 0 Å². The summed E-state index contributed by atoms with van der Waals surface area (Å²) >= 11 is 1.35. The molecule has 1 aromatic heterocycles. The number of amides is 3. The lowest BCUT2D eigenvalue weighted by molar-refractivity contribution is -0.154. The minimum atomic E-state index is -0.484. The summed E-state index contributed by atoms with van der Waals surface area (Å²) in [6.45, 7) is 2.80. The quantitative estimate of drug-likeness (QED) is 0.352. The molecule has 0 aromatic carbocycles. The molecule has 1 aromatic rings. The van der Waals surface area contributed by atoms with Gasteiger partial charge in [0.1, 0.15) is 6.04 Å². The fourth-order valence-electron chi connectivity index (χ4n) is 3.99. The van der Waals surface area contributed by atoms with Gasteiger partial charge < -0.3 is 10.2 Å². The number of thiazole rings is 1. The van der Waals surface area contributed by atoms with Crippen molar-refractivity contribution < 1.29 is 19.6 Å². The van der Waals surface area contributed by atoms with E-state index in [1.165, 1.54) is 11.3 Å². The zero-order valence-electron chi connectivity index (χ0n) is 16.2. The topological polar surface area (TPSA) is 103 Å². The zero-order valence-corrected chi connectivity index (χ0v) is 17.0. The van der Waals surface area contributed by atoms with Crippen LogP contribution in [0.5, 0.6) is 0 Å². The fourth-order valence-corrected chi connectivity index (χ4v) is 4.52. The molecule has 1 saturated heterocycles. The molecule has 8 nitrogen and oxygen atoms in total. The minimum Gasteiger partial charge on any atom is -0.330 e. The lowest BCUT2D eigenvalue weighted by Crippen LogP contribution is -2.44. The van der Waals surface area contributed by atoms with Crippen molar-refractivity contribution in [3.63, 3.8) is 0 Å². The molecule has 1 aliphatic carbocycles. The van der Waals surface area contributed by atoms with E-state index in [0.29, 0.717) is 29.6 Å². The van der Waals surface area contributed by atoms with E-state index in [1.54, 1.807) is 16.5 Å². The number of likely N-dealkylation sites (tertiary alicyclic amines) is 1. The van der Waals surface area contributed by atoms with Gasteiger partial charge in [0.2, 0.25) is 18.2 Å². The number of anilines is 1. The zero-order chi connectivity index (χ0) is 20.1. The van der Waals surface area contributed by atoms with Gasteiger partial charge in [-0.2, -0.15) is 0 Å². The van der Waals surface area contributed by atoms with Crippen LogP contribution in [-0.4, -0.2) is 57.5 Å². The van der Waals surface area contributed by atoms with E-state index in [0.717, 1.165) is 32.1 Å². The van der Waals surface area contributed by atoms with Crippen LogP contribution in [0.2, 0.25) is 0 Å². The highest BCUT2D eigenvalue weighted by atomic mass is 32.1. The minimum absolute atomic E-state index is 0.0801. The van der Waals surface area contributed by atoms with Crippen LogP contribution in [0.1, 0.15) is 51.9 Å². The maximum Gasteiger partial charge on any atom is 0.248 e. The largest absolute Gasteiger partial charge is 0.330 e. The first kappa shape index (κ1) is 20.7. The highest BCUT2D eigenvalue weighted by molar-refractivity contribution is 7.13. The summed E-state index contributed by atoms with van der Waals surface area (Å²) in [4.78, 5) is 42.4. The molecule has 3 amide bonds. The second-order valence-electron chi connectivity index (χ2n) is 8.01. The van der Waals surface area contributed by atoms with Gasteiger partial charge in [0.15, 0.2) is 5.13 Å². The number of carbonyl (C=O) groups excluding carboxylic acids is 3. The predicted octanol–water partition coefficient (Wildman–Crippen LogP) is 2.51. The van der Waals surface area contributed by atoms with Gasteiger partial charge >= 0.3 is 0 Å². The Bertz CT molecular complexity index is 692. The molecule has 2 N–H and O–H groups in total. The standard InChI is InChI=1S/C19H28N4O4S/c1-2-3-4-14(11-22(27)13-24)9-16(25)23-12-19(5-6-19)10-15(23)17(26)21-18-20-7-8-28-18/h7-8,13-15,27H,2-6,9-12H2,1H3,(H,20,21,26)/t14-,15+/m1/s1. The highest BCUT2D eigenvalue weighted by Gasteiger charge is 2.55. The maximum absolute atomic E-state index is 13.1. The number of unbranched alkanes of at least 4 members (excludes halogenated alkanes) is 1. The number of hydroxylamine groups is 2. The van der Waals surface area contributed by atoms with Crippen LogP contribution in [0.25, 0.3) is 0 Å². The summed E-state index contributed by atoms with van der Waals surface area (Å²) in [6.07, 6.45) is 7.65. The van der Waals surface area contributed by atoms with Crippen molar-refractivity contribution >= 4 is 34.7 Å². The van der Waals surface area contributed by atoms with Crippen LogP contribution in [-0.2, 0) is 14.4 Å². The number of hydrogen-bond acceptors (Lipinski definition) is 6. The molecule has 1 spiro atoms. The first-order valence-corrected chi connectivity index (χ1v) is 10.7. The molecular formula is C19H28N4O4S. The van der Waals surface area contributed by atoms with Gasteiger partial charge in [-0.1, -0.05) is 19.8 Å². The van der Waals surface area contributed by atoms with Gasteiger partial charge in [0, 0.05) is 24.5 Å². The third kappa shape index (κ3) is 5.08. The Morgan fingerprint density at radius 2 is 2.32 bits per heavy atom. The van der Waals surface area contributed by atoms with Crippen molar-refractivity contribution in [2.75, 3.05) is 18.4 Å². The molecular weight excluding hydrogens is 380 g/mol. The van der Waals surface area contributed by atoms with Gasteiger partial charge in [-0.15, -0.1) is 11.3 Å². The third-order valence-corrected chi connectivity index (χ3v) is 6.44. The van der Waals surface area contributed by atoms with Crippen LogP contribution in [0.3, 0.4) is 0 Å². The normalized spacial score (nSPS) is 20.8. The summed E-state index contributed by atoms with van der Waals surface area (Å²) in [6, 6.07) is -0.484. The molecule has 2 atom stereocenters. The molecule has 28 heavy (non-hydrogen) atoms. The average Bonchev–Trinajstić information content (AvgIpc) is 3.06. The Kier molecular flexibility index (Phi) is 6.66. The van der Waals surface area contributed by atoms with Crippen molar-refractivity contribution in [1.82, 2.24) is 14.9 Å². The van der Waals surface area contributed by atoms with E-state index < -0.39 is 6.04 Å². The number of nitrogens with zero attached hydrogens (tertiary/aromatic N) is 3. The van der Waals surface area contributed by atoms with Crippen LogP contribution >= 0.6 is 11.3 Å². The van der Waals surface area contributed by atoms with E-state index in [1.807, 2.05) is 0 Å². The van der Waals surface area contributed by atoms with Gasteiger partial charge in [0.05, 0.1) is 6.54 Å². The molecule has 0 bridgehead atoms. The van der Waals surface area contributed by atoms with Crippen molar-refractivity contribution in [2.45, 2.75) is 57.9 Å². The monoisotopic (exact) mass is 408 g/mol. The number of carbonyl (C=O) groups is 3. The number of hydrogen-bond donors (Lipinski definition) is 2. The van der Waals surface area contributed by atoms with E-state index in [4.69, 9.17) is 0 Å². The molecule has 9 heteroatoms. The van der Waals surface area contributed by atoms with E-state index in [2.05, 4.69) is 17.2 Å². The molecule has 1 aliphatic heterocycles. The lowest BCUT2D eigenvalue weighted by atomic mass is 9.97. The summed E-state index contributed by atoms with van der Waals surface area (Å²) in [5, 5.41) is 15.3. The van der Waals surface area contributed by atoms with Crippen LogP contribution in [0.15, 0.2) is 11.6 Å². The second-order valence-corrected chi connectivity index (χ2v) is 8.90. The van der Waals surface area contributed by atoms with Crippen LogP contribution in [0.4, 0.5) is 5.13 Å². The molecule has 0 unspecified atom stereocenters. The Labute approximate surface area is 168 Å². The maximum atomic E-state index is 13.1. The summed E-state index contributed by atoms with van der Waals surface area (Å²) < 4.78 is 0. The molecule has 2 heterocycles. The Balaban J connectivity index is 1.66. The Morgan fingerprint density at radius 1 is 1.54 bits per heavy atom. The third-order valence-electron chi connectivity index (χ3n) is 5.75. The van der Waals surface area contributed by atoms with Crippen molar-refractivity contribution in [3.8, 4) is 0 Å². The predicted molar refractivity (Wildman–Crippen MR) is 105 cm³/mol. The SMILES string of the molecule is CCCC[C@H](CC(=O)N1CC2(CC2)C[C@H]1C(=O)Nc1nccs1)CN(O)C=O. The van der Waals surface area contributed by atoms with E-state index >= 15 is 0 Å². The van der Waals surface area contributed by atoms with Crippen molar-refractivity contribution in [2.24, 2.45) is 11.3 Å². The van der Waals surface area contributed by atoms with Gasteiger partial charge in [-0.05, 0) is 37.0 Å². The number of rotatable bonds is 10. The fraction of sp³-hybridized carbons (Fsp3) is 0.684. The highest BCUT2D eigenvalue weighted by Crippen LogP contribution is 2.55. The lowest BCUT2D eigenvalue weighted by Gasteiger charge is -2.26. The summed E-state index contributed by atoms with van der Waals surface area (Å²) in [5.41, 5.74) is 0.0886.